The summed E-state index contributed by atoms with van der Waals surface area (Å²) >= 11 is 0. The van der Waals surface area contributed by atoms with E-state index in [2.05, 4.69) is 14.9 Å². The van der Waals surface area contributed by atoms with Crippen LogP contribution in [0.5, 0.6) is 0 Å². The maximum Gasteiger partial charge on any atom is 0.289 e. The van der Waals surface area contributed by atoms with Crippen molar-refractivity contribution in [3.63, 3.8) is 0 Å². The molecule has 5 heterocycles. The van der Waals surface area contributed by atoms with E-state index in [0.29, 0.717) is 25.5 Å². The molecule has 0 aromatic carbocycles. The number of ether oxygens (including phenoxy) is 1. The smallest absolute Gasteiger partial charge is 0.289 e. The summed E-state index contributed by atoms with van der Waals surface area (Å²) in [5.74, 6) is 1.17. The number of carbonyl (C=O) groups is 1. The van der Waals surface area contributed by atoms with Crippen molar-refractivity contribution in [2.75, 3.05) is 44.3 Å². The molecule has 0 radical (unpaired) electrons. The maximum atomic E-state index is 12.9. The van der Waals surface area contributed by atoms with Gasteiger partial charge in [-0.05, 0) is 42.7 Å². The number of carbonyl (C=O) groups excluding carboxylic acids is 1. The van der Waals surface area contributed by atoms with Crippen molar-refractivity contribution in [2.24, 2.45) is 0 Å². The molecular formula is C23H25N5O3. The van der Waals surface area contributed by atoms with Gasteiger partial charge in [-0.1, -0.05) is 0 Å². The number of piperidine rings is 1. The van der Waals surface area contributed by atoms with Crippen LogP contribution >= 0.6 is 0 Å². The first-order chi connectivity index (χ1) is 15.3. The lowest BCUT2D eigenvalue weighted by atomic mass is 9.90. The van der Waals surface area contributed by atoms with Gasteiger partial charge in [0.05, 0.1) is 25.2 Å². The minimum Gasteiger partial charge on any atom is -0.459 e. The molecule has 160 valence electrons. The molecule has 0 aliphatic carbocycles. The van der Waals surface area contributed by atoms with E-state index in [9.17, 15) is 4.79 Å². The number of hydrogen-bond acceptors (Lipinski definition) is 7. The summed E-state index contributed by atoms with van der Waals surface area (Å²) < 4.78 is 10.8. The quantitative estimate of drug-likeness (QED) is 0.643. The Bertz CT molecular complexity index is 1020. The second-order valence-electron chi connectivity index (χ2n) is 7.87. The van der Waals surface area contributed by atoms with E-state index in [1.807, 2.05) is 23.2 Å². The van der Waals surface area contributed by atoms with E-state index in [4.69, 9.17) is 14.1 Å². The third-order valence-electron chi connectivity index (χ3n) is 5.92. The van der Waals surface area contributed by atoms with Gasteiger partial charge in [-0.3, -0.25) is 9.78 Å². The summed E-state index contributed by atoms with van der Waals surface area (Å²) in [5.41, 5.74) is 3.02. The van der Waals surface area contributed by atoms with Crippen LogP contribution < -0.4 is 4.90 Å². The van der Waals surface area contributed by atoms with Crippen LogP contribution in [0.25, 0.3) is 11.1 Å². The molecule has 2 aliphatic heterocycles. The van der Waals surface area contributed by atoms with Gasteiger partial charge in [0.2, 0.25) is 5.95 Å². The van der Waals surface area contributed by atoms with Crippen molar-refractivity contribution in [1.82, 2.24) is 19.9 Å². The van der Waals surface area contributed by atoms with Crippen molar-refractivity contribution in [1.29, 1.82) is 0 Å². The zero-order valence-electron chi connectivity index (χ0n) is 17.3. The number of aromatic nitrogens is 3. The number of likely N-dealkylation sites (tertiary alicyclic amines) is 1. The molecule has 31 heavy (non-hydrogen) atoms. The molecule has 1 amide bonds. The van der Waals surface area contributed by atoms with E-state index < -0.39 is 0 Å². The normalized spacial score (nSPS) is 19.4. The van der Waals surface area contributed by atoms with Crippen molar-refractivity contribution in [2.45, 2.75) is 18.8 Å². The molecule has 5 rings (SSSR count). The summed E-state index contributed by atoms with van der Waals surface area (Å²) in [6, 6.07) is 7.42. The molecule has 1 atom stereocenters. The van der Waals surface area contributed by atoms with Gasteiger partial charge < -0.3 is 19.0 Å². The molecular weight excluding hydrogens is 394 g/mol. The highest BCUT2D eigenvalue weighted by atomic mass is 16.5. The van der Waals surface area contributed by atoms with Crippen LogP contribution in [0.1, 0.15) is 35.0 Å². The van der Waals surface area contributed by atoms with Crippen LogP contribution in [0.2, 0.25) is 0 Å². The Morgan fingerprint density at radius 1 is 1.10 bits per heavy atom. The fraction of sp³-hybridized carbons (Fsp3) is 0.391. The number of morpholine rings is 1. The fourth-order valence-electron chi connectivity index (χ4n) is 4.31. The van der Waals surface area contributed by atoms with Crippen molar-refractivity contribution >= 4 is 11.9 Å². The number of nitrogens with zero attached hydrogens (tertiary/aromatic N) is 5. The van der Waals surface area contributed by atoms with Gasteiger partial charge in [0.1, 0.15) is 0 Å². The van der Waals surface area contributed by atoms with Crippen LogP contribution in [-0.4, -0.2) is 65.2 Å². The molecule has 1 unspecified atom stereocenters. The van der Waals surface area contributed by atoms with Crippen LogP contribution in [-0.2, 0) is 4.74 Å². The molecule has 0 N–H and O–H groups in total. The van der Waals surface area contributed by atoms with Gasteiger partial charge >= 0.3 is 0 Å². The highest BCUT2D eigenvalue weighted by Crippen LogP contribution is 2.34. The molecule has 0 saturated carbocycles. The SMILES string of the molecule is O=C(c1ccco1)N1CCCC(c2nc(N3CCOCC3)ncc2-c2ccncc2)C1. The van der Waals surface area contributed by atoms with Crippen LogP contribution in [0.4, 0.5) is 5.95 Å². The minimum absolute atomic E-state index is 0.0670. The average molecular weight is 419 g/mol. The topological polar surface area (TPSA) is 84.6 Å². The Hall–Kier alpha value is -3.26. The van der Waals surface area contributed by atoms with Gasteiger partial charge in [-0.25, -0.2) is 9.97 Å². The third kappa shape index (κ3) is 4.16. The number of rotatable bonds is 4. The lowest BCUT2D eigenvalue weighted by Crippen LogP contribution is -2.40. The summed E-state index contributed by atoms with van der Waals surface area (Å²) in [6.45, 7) is 4.25. The number of pyridine rings is 1. The first-order valence-electron chi connectivity index (χ1n) is 10.7. The first-order valence-corrected chi connectivity index (χ1v) is 10.7. The van der Waals surface area contributed by atoms with E-state index in [0.717, 1.165) is 55.2 Å². The Morgan fingerprint density at radius 2 is 1.94 bits per heavy atom. The Balaban J connectivity index is 1.48. The van der Waals surface area contributed by atoms with Crippen LogP contribution in [0.3, 0.4) is 0 Å². The molecule has 2 aliphatic rings. The van der Waals surface area contributed by atoms with Gasteiger partial charge in [0.15, 0.2) is 5.76 Å². The number of hydrogen-bond donors (Lipinski definition) is 0. The van der Waals surface area contributed by atoms with Crippen molar-refractivity contribution < 1.29 is 13.9 Å². The maximum absolute atomic E-state index is 12.9. The summed E-state index contributed by atoms with van der Waals surface area (Å²) in [5, 5.41) is 0. The van der Waals surface area contributed by atoms with Crippen LogP contribution in [0, 0.1) is 0 Å². The van der Waals surface area contributed by atoms with E-state index in [1.165, 1.54) is 6.26 Å². The highest BCUT2D eigenvalue weighted by Gasteiger charge is 2.30. The Morgan fingerprint density at radius 3 is 2.71 bits per heavy atom. The van der Waals surface area contributed by atoms with E-state index >= 15 is 0 Å². The van der Waals surface area contributed by atoms with Gasteiger partial charge in [-0.2, -0.15) is 0 Å². The van der Waals surface area contributed by atoms with E-state index in [1.54, 1.807) is 24.5 Å². The zero-order chi connectivity index (χ0) is 21.0. The predicted octanol–water partition coefficient (Wildman–Crippen LogP) is 2.99. The molecule has 8 nitrogen and oxygen atoms in total. The lowest BCUT2D eigenvalue weighted by molar-refractivity contribution is 0.0673. The molecule has 2 fully saturated rings. The summed E-state index contributed by atoms with van der Waals surface area (Å²) in [7, 11) is 0. The summed E-state index contributed by atoms with van der Waals surface area (Å²) in [4.78, 5) is 30.8. The molecule has 2 saturated heterocycles. The number of furan rings is 1. The van der Waals surface area contributed by atoms with Gasteiger partial charge in [-0.15, -0.1) is 0 Å². The minimum atomic E-state index is -0.0670. The Kier molecular flexibility index (Phi) is 5.62. The van der Waals surface area contributed by atoms with E-state index in [-0.39, 0.29) is 11.8 Å². The van der Waals surface area contributed by atoms with Crippen molar-refractivity contribution in [3.05, 3.63) is 60.6 Å². The largest absolute Gasteiger partial charge is 0.459 e. The molecule has 0 bridgehead atoms. The molecule has 8 heteroatoms. The molecule has 3 aromatic rings. The van der Waals surface area contributed by atoms with Crippen LogP contribution in [0.15, 0.2) is 53.5 Å². The standard InChI is InChI=1S/C23H25N5O3/c29-22(20-4-2-12-31-20)28-9-1-3-18(16-28)21-19(17-5-7-24-8-6-17)15-25-23(26-21)27-10-13-30-14-11-27/h2,4-8,12,15,18H,1,3,9-11,13-14,16H2. The van der Waals surface area contributed by atoms with Gasteiger partial charge in [0, 0.05) is 56.3 Å². The third-order valence-corrected chi connectivity index (χ3v) is 5.92. The van der Waals surface area contributed by atoms with Gasteiger partial charge in [0.25, 0.3) is 5.91 Å². The monoisotopic (exact) mass is 419 g/mol. The number of amides is 1. The number of anilines is 1. The lowest BCUT2D eigenvalue weighted by Gasteiger charge is -2.33. The Labute approximate surface area is 180 Å². The average Bonchev–Trinajstić information content (AvgIpc) is 3.39. The molecule has 0 spiro atoms. The fourth-order valence-corrected chi connectivity index (χ4v) is 4.31. The van der Waals surface area contributed by atoms with Crippen molar-refractivity contribution in [3.8, 4) is 11.1 Å². The highest BCUT2D eigenvalue weighted by molar-refractivity contribution is 5.91. The molecule has 3 aromatic heterocycles. The summed E-state index contributed by atoms with van der Waals surface area (Å²) in [6.07, 6.45) is 8.90. The predicted molar refractivity (Wildman–Crippen MR) is 115 cm³/mol. The second kappa shape index (κ2) is 8.85. The zero-order valence-corrected chi connectivity index (χ0v) is 17.3. The first kappa shape index (κ1) is 19.7. The second-order valence-corrected chi connectivity index (χ2v) is 7.87.